The first-order valence-corrected chi connectivity index (χ1v) is 4.95. The smallest absolute Gasteiger partial charge is 0.232 e. The van der Waals surface area contributed by atoms with Crippen molar-refractivity contribution in [3.8, 4) is 0 Å². The quantitative estimate of drug-likeness (QED) is 0.772. The fourth-order valence-corrected chi connectivity index (χ4v) is 1.60. The van der Waals surface area contributed by atoms with Crippen LogP contribution >= 0.6 is 0 Å². The monoisotopic (exact) mass is 197 g/mol. The van der Waals surface area contributed by atoms with Crippen LogP contribution in [0.4, 0.5) is 0 Å². The third-order valence-corrected chi connectivity index (χ3v) is 2.33. The molecule has 0 bridgehead atoms. The van der Waals surface area contributed by atoms with E-state index >= 15 is 0 Å². The van der Waals surface area contributed by atoms with Crippen molar-refractivity contribution in [3.05, 3.63) is 11.7 Å². The van der Waals surface area contributed by atoms with Crippen LogP contribution in [-0.4, -0.2) is 30.4 Å². The summed E-state index contributed by atoms with van der Waals surface area (Å²) in [5.41, 5.74) is 0. The first kappa shape index (κ1) is 9.61. The highest BCUT2D eigenvalue weighted by Gasteiger charge is 2.21. The van der Waals surface area contributed by atoms with Gasteiger partial charge >= 0.3 is 0 Å². The summed E-state index contributed by atoms with van der Waals surface area (Å²) in [6.07, 6.45) is 2.16. The summed E-state index contributed by atoms with van der Waals surface area (Å²) in [7, 11) is 1.86. The van der Waals surface area contributed by atoms with Gasteiger partial charge in [-0.25, -0.2) is 0 Å². The maximum Gasteiger partial charge on any atom is 0.232 e. The van der Waals surface area contributed by atoms with Crippen LogP contribution in [0.3, 0.4) is 0 Å². The number of aromatic nitrogens is 2. The number of hydrogen-bond donors (Lipinski definition) is 1. The van der Waals surface area contributed by atoms with E-state index in [2.05, 4.69) is 15.5 Å². The molecule has 0 aliphatic carbocycles. The Kier molecular flexibility index (Phi) is 3.10. The van der Waals surface area contributed by atoms with E-state index in [9.17, 15) is 0 Å². The zero-order valence-electron chi connectivity index (χ0n) is 8.32. The first-order chi connectivity index (χ1) is 6.90. The highest BCUT2D eigenvalue weighted by molar-refractivity contribution is 4.94. The highest BCUT2D eigenvalue weighted by atomic mass is 16.5. The van der Waals surface area contributed by atoms with Crippen LogP contribution in [0.25, 0.3) is 0 Å². The predicted octanol–water partition coefficient (Wildman–Crippen LogP) is 0.683. The summed E-state index contributed by atoms with van der Waals surface area (Å²) in [6, 6.07) is 0. The molecular weight excluding hydrogens is 182 g/mol. The molecule has 0 aromatic carbocycles. The average molecular weight is 197 g/mol. The Labute approximate surface area is 82.8 Å². The molecule has 2 heterocycles. The SMILES string of the molecule is CNCc1noc(C2CCCOC2)n1. The Morgan fingerprint density at radius 1 is 1.57 bits per heavy atom. The van der Waals surface area contributed by atoms with E-state index < -0.39 is 0 Å². The van der Waals surface area contributed by atoms with Crippen LogP contribution in [0.1, 0.15) is 30.5 Å². The van der Waals surface area contributed by atoms with Crippen LogP contribution in [0.15, 0.2) is 4.52 Å². The first-order valence-electron chi connectivity index (χ1n) is 4.95. The van der Waals surface area contributed by atoms with Crippen LogP contribution in [0.2, 0.25) is 0 Å². The van der Waals surface area contributed by atoms with Gasteiger partial charge in [0.1, 0.15) is 0 Å². The number of rotatable bonds is 3. The molecule has 5 heteroatoms. The molecule has 0 radical (unpaired) electrons. The summed E-state index contributed by atoms with van der Waals surface area (Å²) in [6.45, 7) is 2.21. The molecule has 0 spiro atoms. The minimum absolute atomic E-state index is 0.293. The molecule has 1 fully saturated rings. The van der Waals surface area contributed by atoms with E-state index in [-0.39, 0.29) is 0 Å². The van der Waals surface area contributed by atoms with Gasteiger partial charge in [0, 0.05) is 6.61 Å². The zero-order valence-corrected chi connectivity index (χ0v) is 8.32. The van der Waals surface area contributed by atoms with E-state index in [4.69, 9.17) is 9.26 Å². The number of ether oxygens (including phenoxy) is 1. The van der Waals surface area contributed by atoms with Crippen molar-refractivity contribution < 1.29 is 9.26 Å². The van der Waals surface area contributed by atoms with Crippen molar-refractivity contribution in [2.75, 3.05) is 20.3 Å². The third-order valence-electron chi connectivity index (χ3n) is 2.33. The summed E-state index contributed by atoms with van der Waals surface area (Å²) < 4.78 is 10.5. The molecule has 1 aliphatic rings. The van der Waals surface area contributed by atoms with E-state index in [0.29, 0.717) is 24.9 Å². The normalized spacial score (nSPS) is 22.5. The summed E-state index contributed by atoms with van der Waals surface area (Å²) >= 11 is 0. The molecule has 1 aliphatic heterocycles. The van der Waals surface area contributed by atoms with E-state index in [1.807, 2.05) is 7.05 Å². The minimum atomic E-state index is 0.293. The molecular formula is C9H15N3O2. The summed E-state index contributed by atoms with van der Waals surface area (Å²) in [5.74, 6) is 1.73. The Bertz CT molecular complexity index is 281. The van der Waals surface area contributed by atoms with Gasteiger partial charge in [0.15, 0.2) is 5.82 Å². The maximum atomic E-state index is 5.36. The Balaban J connectivity index is 2.00. The molecule has 1 N–H and O–H groups in total. The predicted molar refractivity (Wildman–Crippen MR) is 49.9 cm³/mol. The topological polar surface area (TPSA) is 60.2 Å². The molecule has 14 heavy (non-hydrogen) atoms. The van der Waals surface area contributed by atoms with Crippen molar-refractivity contribution in [3.63, 3.8) is 0 Å². The molecule has 1 unspecified atom stereocenters. The van der Waals surface area contributed by atoms with Crippen LogP contribution in [0, 0.1) is 0 Å². The van der Waals surface area contributed by atoms with Gasteiger partial charge in [-0.3, -0.25) is 0 Å². The van der Waals surface area contributed by atoms with Gasteiger partial charge in [-0.15, -0.1) is 0 Å². The standard InChI is InChI=1S/C9H15N3O2/c1-10-5-8-11-9(14-12-8)7-3-2-4-13-6-7/h7,10H,2-6H2,1H3. The molecule has 0 saturated carbocycles. The maximum absolute atomic E-state index is 5.36. The van der Waals surface area contributed by atoms with Crippen LogP contribution in [0.5, 0.6) is 0 Å². The Morgan fingerprint density at radius 3 is 3.21 bits per heavy atom. The Hall–Kier alpha value is -0.940. The van der Waals surface area contributed by atoms with Crippen molar-refractivity contribution in [1.82, 2.24) is 15.5 Å². The summed E-state index contributed by atoms with van der Waals surface area (Å²) in [4.78, 5) is 4.30. The van der Waals surface area contributed by atoms with Gasteiger partial charge in [-0.05, 0) is 19.9 Å². The van der Waals surface area contributed by atoms with Crippen LogP contribution < -0.4 is 5.32 Å². The van der Waals surface area contributed by atoms with Crippen molar-refractivity contribution >= 4 is 0 Å². The van der Waals surface area contributed by atoms with Crippen molar-refractivity contribution in [2.24, 2.45) is 0 Å². The fourth-order valence-electron chi connectivity index (χ4n) is 1.60. The number of nitrogens with zero attached hydrogens (tertiary/aromatic N) is 2. The molecule has 0 amide bonds. The second kappa shape index (κ2) is 4.52. The lowest BCUT2D eigenvalue weighted by Crippen LogP contribution is -2.16. The second-order valence-electron chi connectivity index (χ2n) is 3.49. The van der Waals surface area contributed by atoms with Gasteiger partial charge in [0.05, 0.1) is 19.1 Å². The van der Waals surface area contributed by atoms with Gasteiger partial charge < -0.3 is 14.6 Å². The highest BCUT2D eigenvalue weighted by Crippen LogP contribution is 2.23. The zero-order chi connectivity index (χ0) is 9.80. The molecule has 5 nitrogen and oxygen atoms in total. The van der Waals surface area contributed by atoms with Crippen LogP contribution in [-0.2, 0) is 11.3 Å². The van der Waals surface area contributed by atoms with Crippen molar-refractivity contribution in [1.29, 1.82) is 0 Å². The lowest BCUT2D eigenvalue weighted by Gasteiger charge is -2.17. The lowest BCUT2D eigenvalue weighted by molar-refractivity contribution is 0.0705. The third kappa shape index (κ3) is 2.10. The van der Waals surface area contributed by atoms with E-state index in [1.54, 1.807) is 0 Å². The number of hydrogen-bond acceptors (Lipinski definition) is 5. The molecule has 1 aromatic rings. The van der Waals surface area contributed by atoms with Gasteiger partial charge in [-0.1, -0.05) is 5.16 Å². The Morgan fingerprint density at radius 2 is 2.50 bits per heavy atom. The second-order valence-corrected chi connectivity index (χ2v) is 3.49. The van der Waals surface area contributed by atoms with Crippen molar-refractivity contribution in [2.45, 2.75) is 25.3 Å². The van der Waals surface area contributed by atoms with Gasteiger partial charge in [-0.2, -0.15) is 4.98 Å². The number of nitrogens with one attached hydrogen (secondary N) is 1. The molecule has 1 atom stereocenters. The molecule has 1 aromatic heterocycles. The summed E-state index contributed by atoms with van der Waals surface area (Å²) in [5, 5.41) is 6.86. The minimum Gasteiger partial charge on any atom is -0.381 e. The largest absolute Gasteiger partial charge is 0.381 e. The molecule has 2 rings (SSSR count). The van der Waals surface area contributed by atoms with Gasteiger partial charge in [0.2, 0.25) is 5.89 Å². The molecule has 1 saturated heterocycles. The van der Waals surface area contributed by atoms with Gasteiger partial charge in [0.25, 0.3) is 0 Å². The lowest BCUT2D eigenvalue weighted by atomic mass is 10.0. The van der Waals surface area contributed by atoms with E-state index in [0.717, 1.165) is 25.3 Å². The van der Waals surface area contributed by atoms with E-state index in [1.165, 1.54) is 0 Å². The molecule has 78 valence electrons. The average Bonchev–Trinajstić information content (AvgIpc) is 2.68. The fraction of sp³-hybridized carbons (Fsp3) is 0.778.